The van der Waals surface area contributed by atoms with Crippen LogP contribution in [0.3, 0.4) is 0 Å². The number of phenols is 1. The molecule has 0 aliphatic carbocycles. The molecule has 0 radical (unpaired) electrons. The molecule has 15 heteroatoms. The monoisotopic (exact) mass is 535 g/mol. The van der Waals surface area contributed by atoms with Crippen molar-refractivity contribution in [2.24, 2.45) is 11.5 Å². The molecule has 0 aliphatic heterocycles. The minimum absolute atomic E-state index is 0.0227. The number of rotatable bonds is 14. The summed E-state index contributed by atoms with van der Waals surface area (Å²) in [5.74, 6) is -4.98. The molecule has 10 N–H and O–H groups in total. The summed E-state index contributed by atoms with van der Waals surface area (Å²) in [6, 6.07) is 0.549. The van der Waals surface area contributed by atoms with Gasteiger partial charge in [0.15, 0.2) is 0 Å². The second kappa shape index (κ2) is 13.8. The zero-order valence-electron chi connectivity index (χ0n) is 19.6. The average molecular weight is 536 g/mol. The molecule has 0 fully saturated rings. The highest BCUT2D eigenvalue weighted by Gasteiger charge is 2.31. The van der Waals surface area contributed by atoms with Gasteiger partial charge in [0.2, 0.25) is 23.6 Å². The smallest absolute Gasteiger partial charge is 0.327 e. The number of carboxylic acid groups (broad SMARTS) is 1. The van der Waals surface area contributed by atoms with Crippen LogP contribution in [0.5, 0.6) is 5.75 Å². The number of nitrogens with two attached hydrogens (primary N) is 2. The topological polar surface area (TPSA) is 243 Å². The maximum Gasteiger partial charge on any atom is 0.327 e. The first-order chi connectivity index (χ1) is 17.5. The number of carbonyl (C=O) groups excluding carboxylic acids is 4. The number of primary amides is 1. The standard InChI is InChI=1S/C22H29N7O7S/c23-14(6-12-8-25-10-26-12)19(32)27-16(7-18(24)31)21(34)28-15(5-11-1-3-13(30)4-2-11)20(33)29-17(9-37)22(35)36/h1-4,8,10,14-17,30,37H,5-7,9,23H2,(H2,24,31)(H,25,26)(H,27,32)(H,28,34)(H,29,33)(H,35,36). The van der Waals surface area contributed by atoms with Crippen molar-refractivity contribution in [1.29, 1.82) is 0 Å². The van der Waals surface area contributed by atoms with Crippen molar-refractivity contribution >= 4 is 42.2 Å². The van der Waals surface area contributed by atoms with Crippen LogP contribution in [-0.4, -0.2) is 79.7 Å². The van der Waals surface area contributed by atoms with E-state index >= 15 is 0 Å². The summed E-state index contributed by atoms with van der Waals surface area (Å²) in [4.78, 5) is 68.1. The fourth-order valence-corrected chi connectivity index (χ4v) is 3.47. The van der Waals surface area contributed by atoms with Gasteiger partial charge in [-0.2, -0.15) is 12.6 Å². The summed E-state index contributed by atoms with van der Waals surface area (Å²) in [6.45, 7) is 0. The molecule has 1 aromatic carbocycles. The van der Waals surface area contributed by atoms with Crippen molar-refractivity contribution in [2.45, 2.75) is 43.4 Å². The largest absolute Gasteiger partial charge is 0.508 e. The third kappa shape index (κ3) is 9.46. The van der Waals surface area contributed by atoms with Crippen LogP contribution >= 0.6 is 12.6 Å². The predicted octanol–water partition coefficient (Wildman–Crippen LogP) is -2.43. The summed E-state index contributed by atoms with van der Waals surface area (Å²) >= 11 is 3.91. The number of aromatic hydroxyl groups is 1. The second-order valence-electron chi connectivity index (χ2n) is 8.13. The van der Waals surface area contributed by atoms with Gasteiger partial charge in [0.25, 0.3) is 0 Å². The molecule has 200 valence electrons. The van der Waals surface area contributed by atoms with E-state index < -0.39 is 60.2 Å². The number of imidazole rings is 1. The zero-order chi connectivity index (χ0) is 27.5. The average Bonchev–Trinajstić information content (AvgIpc) is 3.35. The number of nitrogens with one attached hydrogen (secondary N) is 4. The molecule has 0 saturated carbocycles. The molecule has 4 unspecified atom stereocenters. The normalized spacial score (nSPS) is 14.0. The van der Waals surface area contributed by atoms with Crippen LogP contribution in [0.4, 0.5) is 0 Å². The lowest BCUT2D eigenvalue weighted by Gasteiger charge is -2.24. The Morgan fingerprint density at radius 2 is 1.54 bits per heavy atom. The molecule has 0 saturated heterocycles. The number of hydrogen-bond acceptors (Lipinski definition) is 9. The fourth-order valence-electron chi connectivity index (χ4n) is 3.22. The summed E-state index contributed by atoms with van der Waals surface area (Å²) in [6.07, 6.45) is 2.26. The summed E-state index contributed by atoms with van der Waals surface area (Å²) < 4.78 is 0. The van der Waals surface area contributed by atoms with Gasteiger partial charge in [-0.05, 0) is 17.7 Å². The van der Waals surface area contributed by atoms with E-state index in [-0.39, 0.29) is 24.3 Å². The maximum absolute atomic E-state index is 13.1. The summed E-state index contributed by atoms with van der Waals surface area (Å²) in [5.41, 5.74) is 12.2. The van der Waals surface area contributed by atoms with Crippen molar-refractivity contribution in [2.75, 3.05) is 5.75 Å². The van der Waals surface area contributed by atoms with Gasteiger partial charge in [-0.25, -0.2) is 9.78 Å². The predicted molar refractivity (Wildman–Crippen MR) is 133 cm³/mol. The van der Waals surface area contributed by atoms with Crippen molar-refractivity contribution < 1.29 is 34.2 Å². The molecule has 37 heavy (non-hydrogen) atoms. The molecule has 0 bridgehead atoms. The van der Waals surface area contributed by atoms with E-state index in [1.54, 1.807) is 0 Å². The van der Waals surface area contributed by atoms with E-state index in [2.05, 4.69) is 38.5 Å². The lowest BCUT2D eigenvalue weighted by atomic mass is 10.0. The molecular formula is C22H29N7O7S. The Labute approximate surface area is 217 Å². The number of aromatic nitrogens is 2. The number of carbonyl (C=O) groups is 5. The number of aromatic amines is 1. The van der Waals surface area contributed by atoms with Crippen molar-refractivity contribution in [3.8, 4) is 5.75 Å². The zero-order valence-corrected chi connectivity index (χ0v) is 20.5. The quantitative estimate of drug-likeness (QED) is 0.117. The van der Waals surface area contributed by atoms with Gasteiger partial charge in [-0.15, -0.1) is 0 Å². The molecule has 4 atom stereocenters. The van der Waals surface area contributed by atoms with Crippen LogP contribution < -0.4 is 27.4 Å². The Kier molecular flexibility index (Phi) is 10.9. The van der Waals surface area contributed by atoms with Gasteiger partial charge in [0.1, 0.15) is 23.9 Å². The first-order valence-electron chi connectivity index (χ1n) is 11.0. The summed E-state index contributed by atoms with van der Waals surface area (Å²) in [5, 5.41) is 25.8. The number of amides is 4. The molecule has 4 amide bonds. The number of thiol groups is 1. The third-order valence-corrected chi connectivity index (χ3v) is 5.54. The van der Waals surface area contributed by atoms with Crippen LogP contribution in [0.2, 0.25) is 0 Å². The molecule has 0 aliphatic rings. The molecule has 2 rings (SSSR count). The van der Waals surface area contributed by atoms with Gasteiger partial charge in [0.05, 0.1) is 18.8 Å². The van der Waals surface area contributed by atoms with E-state index in [0.29, 0.717) is 11.3 Å². The maximum atomic E-state index is 13.1. The van der Waals surface area contributed by atoms with E-state index in [4.69, 9.17) is 11.5 Å². The Bertz CT molecular complexity index is 1100. The SMILES string of the molecule is NC(=O)CC(NC(=O)C(N)Cc1cnc[nH]1)C(=O)NC(Cc1ccc(O)cc1)C(=O)NC(CS)C(=O)O. The van der Waals surface area contributed by atoms with Crippen LogP contribution in [-0.2, 0) is 36.8 Å². The number of nitrogens with zero attached hydrogens (tertiary/aromatic N) is 1. The lowest BCUT2D eigenvalue weighted by molar-refractivity contribution is -0.141. The first-order valence-corrected chi connectivity index (χ1v) is 11.7. The van der Waals surface area contributed by atoms with Crippen molar-refractivity contribution in [3.63, 3.8) is 0 Å². The fraction of sp³-hybridized carbons (Fsp3) is 0.364. The molecule has 1 aromatic heterocycles. The van der Waals surface area contributed by atoms with Gasteiger partial charge >= 0.3 is 5.97 Å². The van der Waals surface area contributed by atoms with Crippen LogP contribution in [0.15, 0.2) is 36.8 Å². The van der Waals surface area contributed by atoms with Gasteiger partial charge in [0, 0.05) is 30.5 Å². The number of carboxylic acids is 1. The van der Waals surface area contributed by atoms with E-state index in [1.807, 2.05) is 0 Å². The van der Waals surface area contributed by atoms with Crippen molar-refractivity contribution in [3.05, 3.63) is 48.0 Å². The number of aliphatic carboxylic acids is 1. The highest BCUT2D eigenvalue weighted by molar-refractivity contribution is 7.80. The van der Waals surface area contributed by atoms with Crippen LogP contribution in [0.1, 0.15) is 17.7 Å². The Morgan fingerprint density at radius 1 is 0.946 bits per heavy atom. The van der Waals surface area contributed by atoms with Crippen molar-refractivity contribution in [1.82, 2.24) is 25.9 Å². The minimum atomic E-state index is -1.46. The minimum Gasteiger partial charge on any atom is -0.508 e. The number of H-pyrrole nitrogens is 1. The highest BCUT2D eigenvalue weighted by Crippen LogP contribution is 2.12. The molecule has 14 nitrogen and oxygen atoms in total. The van der Waals surface area contributed by atoms with Gasteiger partial charge < -0.3 is 42.6 Å². The van der Waals surface area contributed by atoms with Crippen LogP contribution in [0, 0.1) is 0 Å². The Balaban J connectivity index is 2.20. The Morgan fingerprint density at radius 3 is 2.08 bits per heavy atom. The van der Waals surface area contributed by atoms with Gasteiger partial charge in [-0.3, -0.25) is 19.2 Å². The number of benzene rings is 1. The highest BCUT2D eigenvalue weighted by atomic mass is 32.1. The van der Waals surface area contributed by atoms with E-state index in [9.17, 15) is 34.2 Å². The number of phenolic OH excluding ortho intramolecular Hbond substituents is 1. The molecule has 1 heterocycles. The molecule has 0 spiro atoms. The van der Waals surface area contributed by atoms with Crippen LogP contribution in [0.25, 0.3) is 0 Å². The van der Waals surface area contributed by atoms with Gasteiger partial charge in [-0.1, -0.05) is 12.1 Å². The summed E-state index contributed by atoms with van der Waals surface area (Å²) in [7, 11) is 0. The molecule has 2 aromatic rings. The second-order valence-corrected chi connectivity index (χ2v) is 8.50. The molecular weight excluding hydrogens is 506 g/mol. The number of hydrogen-bond donors (Lipinski definition) is 9. The van der Waals surface area contributed by atoms with E-state index in [1.165, 1.54) is 36.8 Å². The van der Waals surface area contributed by atoms with E-state index in [0.717, 1.165) is 0 Å². The first kappa shape index (κ1) is 29.1. The third-order valence-electron chi connectivity index (χ3n) is 5.18. The Hall–Kier alpha value is -4.11. The lowest BCUT2D eigenvalue weighted by Crippen LogP contribution is -2.58.